The van der Waals surface area contributed by atoms with E-state index in [1.807, 2.05) is 13.8 Å². The average Bonchev–Trinajstić information content (AvgIpc) is 2.97. The maximum atomic E-state index is 12.7. The van der Waals surface area contributed by atoms with Crippen LogP contribution < -0.4 is 4.72 Å². The summed E-state index contributed by atoms with van der Waals surface area (Å²) >= 11 is 0. The molecule has 7 heteroatoms. The molecule has 1 saturated heterocycles. The molecule has 2 atom stereocenters. The van der Waals surface area contributed by atoms with Crippen LogP contribution in [-0.4, -0.2) is 37.5 Å². The minimum absolute atomic E-state index is 0.139. The Labute approximate surface area is 133 Å². The molecule has 126 valence electrons. The highest BCUT2D eigenvalue weighted by Gasteiger charge is 2.30. The molecule has 0 saturated carbocycles. The van der Waals surface area contributed by atoms with E-state index in [4.69, 9.17) is 4.74 Å². The van der Waals surface area contributed by atoms with Gasteiger partial charge in [0.05, 0.1) is 18.0 Å². The molecule has 0 aromatic carbocycles. The van der Waals surface area contributed by atoms with Gasteiger partial charge in [-0.2, -0.15) is 5.10 Å². The van der Waals surface area contributed by atoms with E-state index >= 15 is 0 Å². The third-order valence-corrected chi connectivity index (χ3v) is 5.95. The number of ether oxygens (including phenoxy) is 1. The Kier molecular flexibility index (Phi) is 5.29. The van der Waals surface area contributed by atoms with Crippen molar-refractivity contribution in [3.05, 3.63) is 11.4 Å². The van der Waals surface area contributed by atoms with Gasteiger partial charge in [0.15, 0.2) is 0 Å². The number of sulfonamides is 1. The van der Waals surface area contributed by atoms with Crippen LogP contribution in [0.15, 0.2) is 4.90 Å². The molecule has 0 spiro atoms. The highest BCUT2D eigenvalue weighted by molar-refractivity contribution is 7.89. The molecule has 0 aliphatic carbocycles. The molecule has 2 unspecified atom stereocenters. The SMILES string of the molecule is Cc1nn(CC(C)C)c(C)c1S(=O)(=O)NC(C)C1CCOC1. The minimum atomic E-state index is -3.56. The Bertz CT molecular complexity index is 616. The minimum Gasteiger partial charge on any atom is -0.381 e. The summed E-state index contributed by atoms with van der Waals surface area (Å²) in [5, 5.41) is 4.39. The van der Waals surface area contributed by atoms with E-state index in [9.17, 15) is 8.42 Å². The van der Waals surface area contributed by atoms with Crippen molar-refractivity contribution in [3.63, 3.8) is 0 Å². The smallest absolute Gasteiger partial charge is 0.244 e. The van der Waals surface area contributed by atoms with E-state index in [-0.39, 0.29) is 12.0 Å². The zero-order valence-corrected chi connectivity index (χ0v) is 14.9. The second-order valence-electron chi connectivity index (χ2n) is 6.61. The highest BCUT2D eigenvalue weighted by Crippen LogP contribution is 2.23. The van der Waals surface area contributed by atoms with Gasteiger partial charge >= 0.3 is 0 Å². The first-order valence-electron chi connectivity index (χ1n) is 7.86. The van der Waals surface area contributed by atoms with Crippen LogP contribution in [0.1, 0.15) is 38.6 Å². The lowest BCUT2D eigenvalue weighted by Gasteiger charge is -2.19. The topological polar surface area (TPSA) is 73.2 Å². The predicted octanol–water partition coefficient (Wildman–Crippen LogP) is 1.86. The van der Waals surface area contributed by atoms with Crippen LogP contribution in [0, 0.1) is 25.7 Å². The van der Waals surface area contributed by atoms with E-state index in [0.29, 0.717) is 42.0 Å². The van der Waals surface area contributed by atoms with Crippen molar-refractivity contribution in [2.45, 2.75) is 58.5 Å². The first-order chi connectivity index (χ1) is 10.2. The summed E-state index contributed by atoms with van der Waals surface area (Å²) in [5.74, 6) is 0.650. The molecule has 1 N–H and O–H groups in total. The van der Waals surface area contributed by atoms with E-state index in [0.717, 1.165) is 6.42 Å². The first-order valence-corrected chi connectivity index (χ1v) is 9.34. The summed E-state index contributed by atoms with van der Waals surface area (Å²) in [4.78, 5) is 0.318. The molecule has 0 amide bonds. The molecule has 1 aromatic rings. The van der Waals surface area contributed by atoms with Crippen molar-refractivity contribution in [2.75, 3.05) is 13.2 Å². The maximum absolute atomic E-state index is 12.7. The van der Waals surface area contributed by atoms with Gasteiger partial charge in [0.2, 0.25) is 10.0 Å². The monoisotopic (exact) mass is 329 g/mol. The number of nitrogens with zero attached hydrogens (tertiary/aromatic N) is 2. The fourth-order valence-corrected chi connectivity index (χ4v) is 4.66. The summed E-state index contributed by atoms with van der Waals surface area (Å²) in [5.41, 5.74) is 1.26. The van der Waals surface area contributed by atoms with Crippen LogP contribution in [-0.2, 0) is 21.3 Å². The lowest BCUT2D eigenvalue weighted by Crippen LogP contribution is -2.38. The fraction of sp³-hybridized carbons (Fsp3) is 0.800. The third kappa shape index (κ3) is 3.70. The van der Waals surface area contributed by atoms with Crippen LogP contribution in [0.25, 0.3) is 0 Å². The summed E-state index contributed by atoms with van der Waals surface area (Å²) < 4.78 is 35.4. The number of hydrogen-bond acceptors (Lipinski definition) is 4. The molecule has 1 aromatic heterocycles. The number of hydrogen-bond donors (Lipinski definition) is 1. The van der Waals surface area contributed by atoms with Crippen molar-refractivity contribution >= 4 is 10.0 Å². The van der Waals surface area contributed by atoms with Crippen LogP contribution in [0.2, 0.25) is 0 Å². The van der Waals surface area contributed by atoms with Crippen molar-refractivity contribution in [3.8, 4) is 0 Å². The number of aryl methyl sites for hydroxylation is 1. The van der Waals surface area contributed by atoms with Gasteiger partial charge in [0.25, 0.3) is 0 Å². The first kappa shape index (κ1) is 17.4. The number of aromatic nitrogens is 2. The predicted molar refractivity (Wildman–Crippen MR) is 85.2 cm³/mol. The van der Waals surface area contributed by atoms with Crippen LogP contribution >= 0.6 is 0 Å². The van der Waals surface area contributed by atoms with Crippen LogP contribution in [0.4, 0.5) is 0 Å². The van der Waals surface area contributed by atoms with E-state index < -0.39 is 10.0 Å². The molecular formula is C15H27N3O3S. The lowest BCUT2D eigenvalue weighted by atomic mass is 10.0. The van der Waals surface area contributed by atoms with Gasteiger partial charge in [-0.25, -0.2) is 13.1 Å². The fourth-order valence-electron chi connectivity index (χ4n) is 2.94. The lowest BCUT2D eigenvalue weighted by molar-refractivity contribution is 0.180. The van der Waals surface area contributed by atoms with Gasteiger partial charge in [-0.15, -0.1) is 0 Å². The largest absolute Gasteiger partial charge is 0.381 e. The summed E-state index contributed by atoms with van der Waals surface area (Å²) in [6.07, 6.45) is 0.897. The maximum Gasteiger partial charge on any atom is 0.244 e. The molecule has 22 heavy (non-hydrogen) atoms. The summed E-state index contributed by atoms with van der Waals surface area (Å²) in [6.45, 7) is 11.7. The van der Waals surface area contributed by atoms with Crippen LogP contribution in [0.3, 0.4) is 0 Å². The second-order valence-corrected chi connectivity index (χ2v) is 8.26. The molecule has 1 fully saturated rings. The molecule has 0 radical (unpaired) electrons. The van der Waals surface area contributed by atoms with Gasteiger partial charge in [-0.1, -0.05) is 13.8 Å². The second kappa shape index (κ2) is 6.68. The highest BCUT2D eigenvalue weighted by atomic mass is 32.2. The molecule has 1 aliphatic heterocycles. The van der Waals surface area contributed by atoms with E-state index in [1.54, 1.807) is 11.6 Å². The zero-order valence-electron chi connectivity index (χ0n) is 14.1. The number of rotatable bonds is 6. The van der Waals surface area contributed by atoms with Crippen molar-refractivity contribution < 1.29 is 13.2 Å². The van der Waals surface area contributed by atoms with E-state index in [2.05, 4.69) is 23.7 Å². The Balaban J connectivity index is 2.23. The standard InChI is InChI=1S/C15H27N3O3S/c1-10(2)8-18-13(5)15(12(4)16-18)22(19,20)17-11(3)14-6-7-21-9-14/h10-11,14,17H,6-9H2,1-5H3. The molecule has 6 nitrogen and oxygen atoms in total. The van der Waals surface area contributed by atoms with Crippen molar-refractivity contribution in [1.82, 2.24) is 14.5 Å². The van der Waals surface area contributed by atoms with Crippen molar-refractivity contribution in [1.29, 1.82) is 0 Å². The molecular weight excluding hydrogens is 302 g/mol. The van der Waals surface area contributed by atoms with Gasteiger partial charge in [-0.3, -0.25) is 4.68 Å². The Hall–Kier alpha value is -0.920. The zero-order chi connectivity index (χ0) is 16.5. The molecule has 2 rings (SSSR count). The van der Waals surface area contributed by atoms with Gasteiger partial charge in [-0.05, 0) is 33.1 Å². The van der Waals surface area contributed by atoms with Gasteiger partial charge < -0.3 is 4.74 Å². The number of nitrogens with one attached hydrogen (secondary N) is 1. The normalized spacial score (nSPS) is 20.7. The summed E-state index contributed by atoms with van der Waals surface area (Å²) in [6, 6.07) is -0.139. The van der Waals surface area contributed by atoms with Crippen LogP contribution in [0.5, 0.6) is 0 Å². The Morgan fingerprint density at radius 3 is 2.59 bits per heavy atom. The Morgan fingerprint density at radius 2 is 2.05 bits per heavy atom. The molecule has 1 aliphatic rings. The third-order valence-electron chi connectivity index (χ3n) is 4.13. The van der Waals surface area contributed by atoms with Gasteiger partial charge in [0.1, 0.15) is 4.90 Å². The summed E-state index contributed by atoms with van der Waals surface area (Å²) in [7, 11) is -3.56. The average molecular weight is 329 g/mol. The quantitative estimate of drug-likeness (QED) is 0.864. The Morgan fingerprint density at radius 1 is 1.36 bits per heavy atom. The van der Waals surface area contributed by atoms with Crippen molar-refractivity contribution in [2.24, 2.45) is 11.8 Å². The molecule has 2 heterocycles. The van der Waals surface area contributed by atoms with Gasteiger partial charge in [0, 0.05) is 25.1 Å². The van der Waals surface area contributed by atoms with E-state index in [1.165, 1.54) is 0 Å². The molecule has 0 bridgehead atoms.